The van der Waals surface area contributed by atoms with E-state index in [1.54, 1.807) is 171 Å². The number of carboxylic acid groups (broad SMARTS) is 1. The number of carbonyl (C=O) groups is 7. The number of ether oxygens (including phenoxy) is 1. The minimum Gasteiger partial charge on any atom is -1.00 e. The molecule has 1 amide bonds. The van der Waals surface area contributed by atoms with Gasteiger partial charge in [0.2, 0.25) is 23.2 Å². The predicted molar refractivity (Wildman–Crippen MR) is 567 cm³/mol. The Hall–Kier alpha value is -6.89. The molecule has 9 heterocycles. The first-order valence-corrected chi connectivity index (χ1v) is 59.3. The molecular formula is C95H151BBr2Cl2MgN20NaO14SSi4. The molecule has 1 aliphatic heterocycles. The first-order valence-electron chi connectivity index (χ1n) is 44.5. The van der Waals surface area contributed by atoms with Gasteiger partial charge in [0.15, 0.2) is 73.0 Å². The van der Waals surface area contributed by atoms with Crippen LogP contribution in [0.5, 0.6) is 0 Å². The van der Waals surface area contributed by atoms with E-state index in [9.17, 15) is 33.9 Å². The van der Waals surface area contributed by atoms with Crippen molar-refractivity contribution in [2.45, 2.75) is 317 Å². The molecule has 4 N–H and O–H groups in total. The number of Topliss-reactive ketones (excluding diaryl/α,β-unsaturated/α-hetero) is 5. The normalized spacial score (nSPS) is 14.0. The van der Waals surface area contributed by atoms with Gasteiger partial charge in [-0.05, 0) is 196 Å². The fourth-order valence-electron chi connectivity index (χ4n) is 9.58. The second kappa shape index (κ2) is 74.9. The number of aliphatic hydroxyl groups excluding tert-OH is 2. The van der Waals surface area contributed by atoms with Gasteiger partial charge in [-0.1, -0.05) is 125 Å². The number of amides is 1. The first kappa shape index (κ1) is 147. The Balaban J connectivity index is -0.000000294. The molecule has 1 aliphatic rings. The standard InChI is InChI=1S/C25H43N3O5Si.C13H25N3OSi.C13H22N2O2Si.C8H10N2.C7H7BrN2O.C7H8N2O2.C7H8N2O.C6H15ClSi.C5H3N3.C2H5.CH3Cl.CH2O2.BHNS.BrH.Mg.Na/c1-18(33-34(8,9)24(5,6)7)19(21-26-13-11-14-27-21)16-20(30)25(17-29)12-10-15-28(25)22(31)32-23(2,3)4;1-10(17-18(5,6)13(2,3)4)11(14)12-15-8-7-9-16-12;1-10(17-18(5,6)13(2,3)4)11(16)12-14-8-7-9-15-12;1-3-7(2)8-9-5-4-6-10-8;1-5(8)6(11)7-9-3-2-4-10-7;1-5(10)6(11)7-8-3-2-4-9-7;1-2-6(10)7-8-4-3-5-9-7;1-6(2,3)8(4,5)7;6-4-5-7-2-1-3-8-5;2*1-2;2-1-3;1-2-3;;;/h11,13-14,18-19,29H,10,12,15-17H2,1-9H3;7-11H,14H2,1-6H3;7-10H,1-6H3;3-6H,1-2H3;2-5H,1H3;2-5,10H,1H3;3-5H,2H2,1H3;1-5H3;1-3H;1H2,2H3;1H3;1H,(H,2,3);3H;1H;;/q;;;;;;;;;-1;;;;;+2;+1/p-2/b;;;7-3+;;;;;;;;;;;;. The number of halogens is 4. The molecule has 0 aromatic carbocycles. The summed E-state index contributed by atoms with van der Waals surface area (Å²) in [5.74, 6) is 1.71. The van der Waals surface area contributed by atoms with Gasteiger partial charge >= 0.3 is 83.5 Å². The second-order valence-electron chi connectivity index (χ2n) is 37.2. The van der Waals surface area contributed by atoms with Crippen LogP contribution in [0.4, 0.5) is 4.79 Å². The van der Waals surface area contributed by atoms with Crippen molar-refractivity contribution in [2.24, 2.45) is 10.0 Å². The zero-order chi connectivity index (χ0) is 107. The minimum absolute atomic E-state index is 0. The summed E-state index contributed by atoms with van der Waals surface area (Å²) in [6.07, 6.45) is 28.1. The smallest absolute Gasteiger partial charge is 1.00 e. The Kier molecular flexibility index (Phi) is 78.1. The maximum Gasteiger partial charge on any atom is 2.00 e. The summed E-state index contributed by atoms with van der Waals surface area (Å²) < 4.78 is 27.2. The Morgan fingerprint density at radius 1 is 0.589 bits per heavy atom. The number of nitriles is 1. The average Bonchev–Trinajstić information content (AvgIpc) is 1.63. The second-order valence-corrected chi connectivity index (χ2v) is 60.4. The third kappa shape index (κ3) is 58.9. The molecule has 34 nitrogen and oxygen atoms in total. The Labute approximate surface area is 916 Å². The number of aromatic nitrogens is 16. The Morgan fingerprint density at radius 2 is 0.887 bits per heavy atom. The molecule has 8 aromatic heterocycles. The van der Waals surface area contributed by atoms with Gasteiger partial charge in [-0.25, -0.2) is 84.5 Å². The van der Waals surface area contributed by atoms with E-state index in [2.05, 4.69) is 274 Å². The molecule has 8 atom stereocenters. The van der Waals surface area contributed by atoms with Gasteiger partial charge in [-0.3, -0.25) is 28.9 Å². The number of carbonyl (C=O) groups excluding carboxylic acids is 7. The van der Waals surface area contributed by atoms with Crippen LogP contribution >= 0.6 is 51.4 Å². The van der Waals surface area contributed by atoms with Crippen LogP contribution in [0, 0.1) is 18.3 Å². The van der Waals surface area contributed by atoms with Crippen molar-refractivity contribution in [3.05, 3.63) is 207 Å². The maximum atomic E-state index is 13.8. The van der Waals surface area contributed by atoms with Crippen LogP contribution in [0.3, 0.4) is 0 Å². The molecule has 141 heavy (non-hydrogen) atoms. The quantitative estimate of drug-likeness (QED) is 0.00879. The maximum absolute atomic E-state index is 13.8. The summed E-state index contributed by atoms with van der Waals surface area (Å²) in [6, 6.07) is 15.2. The fraction of sp³-hybridized carbons (Fsp3) is 0.547. The number of allylic oxidation sites excluding steroid dienone is 2. The fourth-order valence-corrected chi connectivity index (χ4v) is 14.0. The van der Waals surface area contributed by atoms with Crippen LogP contribution in [-0.2, 0) is 27.6 Å². The number of rotatable bonds is 23. The van der Waals surface area contributed by atoms with E-state index in [0.717, 1.165) is 11.4 Å². The van der Waals surface area contributed by atoms with Crippen molar-refractivity contribution in [1.29, 1.82) is 5.26 Å². The number of aliphatic hydroxyl groups is 2. The molecule has 0 saturated carbocycles. The molecule has 0 bridgehead atoms. The predicted octanol–water partition coefficient (Wildman–Crippen LogP) is 12.6. The van der Waals surface area contributed by atoms with E-state index < -0.39 is 86.6 Å². The van der Waals surface area contributed by atoms with E-state index in [0.29, 0.717) is 48.3 Å². The largest absolute Gasteiger partial charge is 2.00 e. The monoisotopic (exact) mass is 2230 g/mol. The van der Waals surface area contributed by atoms with Crippen molar-refractivity contribution in [3.8, 4) is 6.07 Å². The molecule has 0 spiro atoms. The van der Waals surface area contributed by atoms with Crippen molar-refractivity contribution in [3.63, 3.8) is 0 Å². The number of nitrogens with zero attached hydrogens (tertiary/aromatic N) is 19. The van der Waals surface area contributed by atoms with Crippen LogP contribution < -0.4 is 57.4 Å². The summed E-state index contributed by atoms with van der Waals surface area (Å²) in [5, 5.41) is 36.3. The van der Waals surface area contributed by atoms with Crippen molar-refractivity contribution in [2.75, 3.05) is 19.5 Å². The Bertz CT molecular complexity index is 4750. The summed E-state index contributed by atoms with van der Waals surface area (Å²) in [7, 11) is -2.92. The van der Waals surface area contributed by atoms with Gasteiger partial charge in [0, 0.05) is 131 Å². The molecule has 0 aliphatic carbocycles. The molecule has 8 unspecified atom stereocenters. The topological polar surface area (TPSA) is 492 Å². The zero-order valence-corrected chi connectivity index (χ0v) is 102. The van der Waals surface area contributed by atoms with Crippen molar-refractivity contribution >= 4 is 162 Å². The molecule has 1 fully saturated rings. The number of thiol groups is 1. The van der Waals surface area contributed by atoms with Crippen LogP contribution in [0.15, 0.2) is 158 Å². The zero-order valence-electron chi connectivity index (χ0n) is 89.1. The molecule has 771 valence electrons. The molecule has 1 radical (unpaired) electrons. The number of likely N-dealkylation sites (tertiary alicyclic amines) is 1. The summed E-state index contributed by atoms with van der Waals surface area (Å²) in [5.41, 5.74) is 5.26. The third-order valence-corrected chi connectivity index (χ3v) is 40.8. The van der Waals surface area contributed by atoms with Gasteiger partial charge in [0.05, 0.1) is 35.6 Å². The molecule has 8 aromatic rings. The van der Waals surface area contributed by atoms with Gasteiger partial charge in [-0.2, -0.15) is 23.3 Å². The third-order valence-electron chi connectivity index (χ3n) is 21.4. The SMILES string of the molecule is C/C=C(\C)c1ncccn1.CC(Br)C(=O)c1ncccn1.CC(C)(C)[Si](C)(C)Cl.CC(O)C(=O)c1ncccn1.CC(O[Si](C)(C)C(C)(C)C)C(=O)c1ncccn1.CC(O[Si](C)(C)C(C)(C)C)C(CC(=O)C1(CO)CCCN1C(=O)OC(C)(C)C)c1ncccn1.CC(O[Si](C)(C)C(C)(C)C)C(N)c1ncccn1.CCC(=O)c1ncccn1.CCl.N#Cc1ncccn1.O=C[O-].[B]=NS.[Br-].[CH2-]C.[Mg+2].[Na+]. The number of hydrogen-bond donors (Lipinski definition) is 4. The summed E-state index contributed by atoms with van der Waals surface area (Å²) in [4.78, 5) is 144. The van der Waals surface area contributed by atoms with Crippen LogP contribution in [-0.4, -0.2) is 259 Å². The number of alkyl halides is 2. The van der Waals surface area contributed by atoms with E-state index in [1.807, 2.05) is 39.8 Å². The first-order chi connectivity index (χ1) is 64.0. The number of hydrogen-bond acceptors (Lipinski definition) is 34. The van der Waals surface area contributed by atoms with E-state index in [1.165, 1.54) is 43.0 Å². The van der Waals surface area contributed by atoms with E-state index in [4.69, 9.17) is 55.1 Å². The van der Waals surface area contributed by atoms with E-state index in [-0.39, 0.29) is 161 Å². The van der Waals surface area contributed by atoms with Gasteiger partial charge in [0.25, 0.3) is 0 Å². The van der Waals surface area contributed by atoms with Gasteiger partial charge in [0.1, 0.15) is 41.1 Å². The molecule has 1 saturated heterocycles. The average molecular weight is 2230 g/mol. The van der Waals surface area contributed by atoms with Crippen molar-refractivity contribution in [1.82, 2.24) is 84.6 Å². The summed E-state index contributed by atoms with van der Waals surface area (Å²) >= 11 is 17.1. The molecule has 9 rings (SSSR count). The number of nitrogens with two attached hydrogens (primary N) is 1. The number of ketones is 5. The molecule has 46 heteroatoms. The minimum atomic E-state index is -2.13. The van der Waals surface area contributed by atoms with Gasteiger partial charge < -0.3 is 67.8 Å². The molecular weight excluding hydrogens is 2080 g/mol. The van der Waals surface area contributed by atoms with Crippen LogP contribution in [0.2, 0.25) is 72.5 Å². The van der Waals surface area contributed by atoms with Crippen LogP contribution in [0.25, 0.3) is 5.57 Å². The van der Waals surface area contributed by atoms with E-state index >= 15 is 0 Å². The van der Waals surface area contributed by atoms with Crippen LogP contribution in [0.1, 0.15) is 270 Å². The van der Waals surface area contributed by atoms with Gasteiger partial charge in [-0.15, -0.1) is 11.6 Å². The Morgan fingerprint density at radius 3 is 1.18 bits per heavy atom. The van der Waals surface area contributed by atoms with Crippen molar-refractivity contribution < 1.29 is 113 Å². The summed E-state index contributed by atoms with van der Waals surface area (Å²) in [6.45, 7) is 68.0.